The maximum absolute atomic E-state index is 12.4. The van der Waals surface area contributed by atoms with Gasteiger partial charge in [0.1, 0.15) is 36.1 Å². The molecule has 0 spiro atoms. The first-order valence-corrected chi connectivity index (χ1v) is 9.41. The second-order valence-corrected chi connectivity index (χ2v) is 7.09. The van der Waals surface area contributed by atoms with Crippen LogP contribution in [0.2, 0.25) is 0 Å². The molecule has 3 rings (SSSR count). The van der Waals surface area contributed by atoms with Gasteiger partial charge in [0.05, 0.1) is 6.26 Å². The summed E-state index contributed by atoms with van der Waals surface area (Å²) < 4.78 is 16.3. The number of nitrogens with zero attached hydrogens (tertiary/aromatic N) is 1. The predicted octanol–water partition coefficient (Wildman–Crippen LogP) is 3.17. The maximum Gasteiger partial charge on any atom is 0.329 e. The lowest BCUT2D eigenvalue weighted by atomic mass is 10.2. The number of aryl methyl sites for hydroxylation is 1. The van der Waals surface area contributed by atoms with Gasteiger partial charge < -0.3 is 18.8 Å². The third-order valence-corrected chi connectivity index (χ3v) is 5.29. The molecule has 1 aliphatic heterocycles. The highest BCUT2D eigenvalue weighted by Crippen LogP contribution is 2.41. The van der Waals surface area contributed by atoms with Crippen molar-refractivity contribution in [2.45, 2.75) is 25.3 Å². The van der Waals surface area contributed by atoms with E-state index in [4.69, 9.17) is 13.9 Å². The van der Waals surface area contributed by atoms with Gasteiger partial charge in [0, 0.05) is 12.7 Å². The molecule has 1 amide bonds. The van der Waals surface area contributed by atoms with Gasteiger partial charge in [-0.3, -0.25) is 4.79 Å². The zero-order valence-electron chi connectivity index (χ0n) is 14.7. The van der Waals surface area contributed by atoms with Gasteiger partial charge in [-0.05, 0) is 36.8 Å². The molecule has 2 atom stereocenters. The Morgan fingerprint density at radius 2 is 2.12 bits per heavy atom. The van der Waals surface area contributed by atoms with Crippen molar-refractivity contribution in [3.8, 4) is 5.75 Å². The molecule has 0 N–H and O–H groups in total. The van der Waals surface area contributed by atoms with Crippen LogP contribution < -0.4 is 4.74 Å². The quantitative estimate of drug-likeness (QED) is 0.571. The summed E-state index contributed by atoms with van der Waals surface area (Å²) in [5.74, 6) is 1.26. The summed E-state index contributed by atoms with van der Waals surface area (Å²) in [6, 6.07) is 10.6. The van der Waals surface area contributed by atoms with Crippen LogP contribution in [0.5, 0.6) is 5.75 Å². The van der Waals surface area contributed by atoms with Gasteiger partial charge in [0.2, 0.25) is 5.91 Å². The topological polar surface area (TPSA) is 69.0 Å². The van der Waals surface area contributed by atoms with Crippen LogP contribution in [0.25, 0.3) is 0 Å². The van der Waals surface area contributed by atoms with E-state index in [0.29, 0.717) is 11.5 Å². The minimum absolute atomic E-state index is 0.130. The van der Waals surface area contributed by atoms with Gasteiger partial charge in [-0.2, -0.15) is 0 Å². The molecule has 1 fully saturated rings. The van der Waals surface area contributed by atoms with E-state index in [1.54, 1.807) is 18.4 Å². The Balaban J connectivity index is 1.53. The van der Waals surface area contributed by atoms with Crippen LogP contribution >= 0.6 is 11.8 Å². The van der Waals surface area contributed by atoms with Crippen molar-refractivity contribution < 1.29 is 23.5 Å². The van der Waals surface area contributed by atoms with Gasteiger partial charge in [0.25, 0.3) is 0 Å². The van der Waals surface area contributed by atoms with Crippen molar-refractivity contribution in [2.24, 2.45) is 0 Å². The van der Waals surface area contributed by atoms with E-state index in [2.05, 4.69) is 0 Å². The van der Waals surface area contributed by atoms with E-state index in [1.165, 1.54) is 23.6 Å². The van der Waals surface area contributed by atoms with E-state index in [0.717, 1.165) is 11.3 Å². The first-order chi connectivity index (χ1) is 12.6. The molecule has 0 aliphatic carbocycles. The number of carbonyl (C=O) groups excluding carboxylic acids is 2. The number of furan rings is 1. The standard InChI is InChI=1S/C19H21NO5S/c1-13-5-3-6-15(11-13)23-9-10-25-19(22)16-12-26-18(20(16)14(2)21)17-7-4-8-24-17/h3-8,11,16,18H,9-10,12H2,1-2H3/t16-,18-/m1/s1. The van der Waals surface area contributed by atoms with E-state index in [-0.39, 0.29) is 24.5 Å². The largest absolute Gasteiger partial charge is 0.490 e. The summed E-state index contributed by atoms with van der Waals surface area (Å²) in [6.07, 6.45) is 1.56. The van der Waals surface area contributed by atoms with Crippen molar-refractivity contribution in [1.82, 2.24) is 4.90 Å². The minimum Gasteiger partial charge on any atom is -0.490 e. The molecule has 1 saturated heterocycles. The van der Waals surface area contributed by atoms with Crippen LogP contribution in [0.4, 0.5) is 0 Å². The Hall–Kier alpha value is -2.41. The van der Waals surface area contributed by atoms with Gasteiger partial charge in [-0.15, -0.1) is 11.8 Å². The normalized spacial score (nSPS) is 19.4. The Morgan fingerprint density at radius 3 is 2.81 bits per heavy atom. The van der Waals surface area contributed by atoms with Crippen molar-refractivity contribution in [1.29, 1.82) is 0 Å². The Morgan fingerprint density at radius 1 is 1.27 bits per heavy atom. The van der Waals surface area contributed by atoms with Gasteiger partial charge in [-0.1, -0.05) is 12.1 Å². The van der Waals surface area contributed by atoms with Crippen LogP contribution in [-0.2, 0) is 14.3 Å². The number of hydrogen-bond donors (Lipinski definition) is 0. The molecule has 1 aromatic carbocycles. The molecular weight excluding hydrogens is 354 g/mol. The lowest BCUT2D eigenvalue weighted by Gasteiger charge is -2.25. The van der Waals surface area contributed by atoms with Gasteiger partial charge in [0.15, 0.2) is 0 Å². The van der Waals surface area contributed by atoms with Crippen molar-refractivity contribution in [3.63, 3.8) is 0 Å². The number of rotatable bonds is 6. The predicted molar refractivity (Wildman–Crippen MR) is 97.8 cm³/mol. The zero-order chi connectivity index (χ0) is 18.5. The Labute approximate surface area is 156 Å². The molecular formula is C19H21NO5S. The number of esters is 1. The summed E-state index contributed by atoms with van der Waals surface area (Å²) in [5.41, 5.74) is 1.10. The van der Waals surface area contributed by atoms with Gasteiger partial charge in [-0.25, -0.2) is 4.79 Å². The van der Waals surface area contributed by atoms with Gasteiger partial charge >= 0.3 is 5.97 Å². The number of carbonyl (C=O) groups is 2. The zero-order valence-corrected chi connectivity index (χ0v) is 15.5. The number of benzene rings is 1. The maximum atomic E-state index is 12.4. The highest BCUT2D eigenvalue weighted by molar-refractivity contribution is 7.99. The monoisotopic (exact) mass is 375 g/mol. The molecule has 0 unspecified atom stereocenters. The summed E-state index contributed by atoms with van der Waals surface area (Å²) in [4.78, 5) is 26.0. The molecule has 1 aromatic heterocycles. The lowest BCUT2D eigenvalue weighted by Crippen LogP contribution is -2.43. The Bertz CT molecular complexity index is 761. The summed E-state index contributed by atoms with van der Waals surface area (Å²) >= 11 is 1.49. The number of hydrogen-bond acceptors (Lipinski definition) is 6. The highest BCUT2D eigenvalue weighted by Gasteiger charge is 2.43. The fourth-order valence-corrected chi connectivity index (χ4v) is 4.24. The van der Waals surface area contributed by atoms with E-state index in [9.17, 15) is 9.59 Å². The molecule has 6 nitrogen and oxygen atoms in total. The van der Waals surface area contributed by atoms with E-state index in [1.807, 2.05) is 31.2 Å². The van der Waals surface area contributed by atoms with E-state index >= 15 is 0 Å². The van der Waals surface area contributed by atoms with Crippen molar-refractivity contribution in [2.75, 3.05) is 19.0 Å². The molecule has 2 heterocycles. The number of amides is 1. The fourth-order valence-electron chi connectivity index (χ4n) is 2.83. The average Bonchev–Trinajstić information content (AvgIpc) is 3.27. The second kappa shape index (κ2) is 8.31. The molecule has 2 aromatic rings. The molecule has 138 valence electrons. The highest BCUT2D eigenvalue weighted by atomic mass is 32.2. The Kier molecular flexibility index (Phi) is 5.88. The number of thioether (sulfide) groups is 1. The second-order valence-electron chi connectivity index (χ2n) is 5.98. The fraction of sp³-hybridized carbons (Fsp3) is 0.368. The van der Waals surface area contributed by atoms with Crippen LogP contribution in [0.3, 0.4) is 0 Å². The van der Waals surface area contributed by atoms with Crippen LogP contribution in [0, 0.1) is 6.92 Å². The minimum atomic E-state index is -0.619. The lowest BCUT2D eigenvalue weighted by molar-refractivity contribution is -0.154. The third kappa shape index (κ3) is 4.22. The SMILES string of the molecule is CC(=O)N1[C@@H](C(=O)OCCOc2cccc(C)c2)CS[C@@H]1c1ccco1. The molecule has 0 bridgehead atoms. The van der Waals surface area contributed by atoms with Crippen LogP contribution in [0.15, 0.2) is 47.1 Å². The summed E-state index contributed by atoms with van der Waals surface area (Å²) in [5, 5.41) is -0.302. The summed E-state index contributed by atoms with van der Waals surface area (Å²) in [6.45, 7) is 3.82. The molecule has 0 radical (unpaired) electrons. The average molecular weight is 375 g/mol. The molecule has 7 heteroatoms. The number of ether oxygens (including phenoxy) is 2. The molecule has 26 heavy (non-hydrogen) atoms. The van der Waals surface area contributed by atoms with Crippen molar-refractivity contribution in [3.05, 3.63) is 54.0 Å². The summed E-state index contributed by atoms with van der Waals surface area (Å²) in [7, 11) is 0. The van der Waals surface area contributed by atoms with Crippen LogP contribution in [0.1, 0.15) is 23.6 Å². The van der Waals surface area contributed by atoms with Crippen molar-refractivity contribution >= 4 is 23.6 Å². The molecule has 0 saturated carbocycles. The molecule has 1 aliphatic rings. The first-order valence-electron chi connectivity index (χ1n) is 8.36. The third-order valence-electron chi connectivity index (χ3n) is 4.01. The van der Waals surface area contributed by atoms with Crippen LogP contribution in [-0.4, -0.2) is 41.8 Å². The smallest absolute Gasteiger partial charge is 0.329 e. The van der Waals surface area contributed by atoms with E-state index < -0.39 is 12.0 Å². The first kappa shape index (κ1) is 18.4.